The average molecular weight is 413 g/mol. The van der Waals surface area contributed by atoms with Gasteiger partial charge in [0.25, 0.3) is 5.91 Å². The fraction of sp³-hybridized carbons (Fsp3) is 0.214. The van der Waals surface area contributed by atoms with E-state index in [-0.39, 0.29) is 22.3 Å². The number of aliphatic carboxylic acids is 2. The molecule has 0 bridgehead atoms. The number of thiazole rings is 1. The summed E-state index contributed by atoms with van der Waals surface area (Å²) in [7, 11) is 0. The summed E-state index contributed by atoms with van der Waals surface area (Å²) < 4.78 is 0. The Balaban J connectivity index is 2.22. The van der Waals surface area contributed by atoms with Crippen molar-refractivity contribution in [1.82, 2.24) is 15.6 Å². The van der Waals surface area contributed by atoms with Crippen molar-refractivity contribution < 1.29 is 29.8 Å². The Labute approximate surface area is 160 Å². The highest BCUT2D eigenvalue weighted by Crippen LogP contribution is 2.25. The number of allylic oxidation sites excluding steroid dienone is 1. The van der Waals surface area contributed by atoms with Crippen molar-refractivity contribution in [2.45, 2.75) is 11.4 Å². The molecule has 1 aromatic rings. The minimum Gasteiger partial charge on any atom is -0.480 e. The topological polar surface area (TPSA) is 187 Å². The molecule has 0 spiro atoms. The van der Waals surface area contributed by atoms with E-state index in [1.807, 2.05) is 0 Å². The van der Waals surface area contributed by atoms with Crippen molar-refractivity contribution in [2.24, 2.45) is 5.16 Å². The van der Waals surface area contributed by atoms with E-state index in [0.29, 0.717) is 5.57 Å². The molecule has 144 valence electrons. The Morgan fingerprint density at radius 2 is 2.19 bits per heavy atom. The van der Waals surface area contributed by atoms with Crippen LogP contribution in [0, 0.1) is 0 Å². The summed E-state index contributed by atoms with van der Waals surface area (Å²) in [5.74, 6) is -3.50. The molecule has 0 saturated carbocycles. The third kappa shape index (κ3) is 4.57. The Kier molecular flexibility index (Phi) is 6.41. The molecule has 2 unspecified atom stereocenters. The molecule has 2 rings (SSSR count). The van der Waals surface area contributed by atoms with Crippen LogP contribution >= 0.6 is 23.1 Å². The number of aromatic nitrogens is 1. The number of nitrogens with zero attached hydrogens (tertiary/aromatic N) is 2. The number of nitrogens with two attached hydrogens (primary N) is 1. The predicted molar refractivity (Wildman–Crippen MR) is 98.7 cm³/mol. The Hall–Kier alpha value is -3.06. The van der Waals surface area contributed by atoms with Gasteiger partial charge in [-0.05, 0) is 5.57 Å². The van der Waals surface area contributed by atoms with Gasteiger partial charge in [-0.25, -0.2) is 14.6 Å². The van der Waals surface area contributed by atoms with E-state index >= 15 is 0 Å². The van der Waals surface area contributed by atoms with Gasteiger partial charge in [0.2, 0.25) is 0 Å². The van der Waals surface area contributed by atoms with Gasteiger partial charge in [0.05, 0.1) is 0 Å². The Morgan fingerprint density at radius 3 is 2.67 bits per heavy atom. The number of anilines is 1. The number of carboxylic acid groups (broad SMARTS) is 2. The van der Waals surface area contributed by atoms with E-state index in [0.717, 1.165) is 23.1 Å². The van der Waals surface area contributed by atoms with Gasteiger partial charge in [-0.2, -0.15) is 0 Å². The van der Waals surface area contributed by atoms with Crippen LogP contribution < -0.4 is 16.4 Å². The number of amides is 1. The number of rotatable bonds is 7. The van der Waals surface area contributed by atoms with Gasteiger partial charge in [0.1, 0.15) is 16.8 Å². The third-order valence-electron chi connectivity index (χ3n) is 3.42. The van der Waals surface area contributed by atoms with Gasteiger partial charge in [0.15, 0.2) is 16.9 Å². The molecule has 0 fully saturated rings. The molecule has 1 aliphatic rings. The lowest BCUT2D eigenvalue weighted by atomic mass is 10.2. The van der Waals surface area contributed by atoms with Gasteiger partial charge in [0, 0.05) is 11.1 Å². The molecule has 2 atom stereocenters. The van der Waals surface area contributed by atoms with E-state index < -0.39 is 35.0 Å². The maximum Gasteiger partial charge on any atom is 0.352 e. The number of nitrogen functional groups attached to an aromatic ring is 1. The lowest BCUT2D eigenvalue weighted by molar-refractivity contribution is -0.141. The number of oxime groups is 1. The molecule has 11 nitrogen and oxygen atoms in total. The molecule has 0 aliphatic carbocycles. The fourth-order valence-electron chi connectivity index (χ4n) is 2.15. The van der Waals surface area contributed by atoms with Gasteiger partial charge in [-0.1, -0.05) is 17.8 Å². The highest BCUT2D eigenvalue weighted by Gasteiger charge is 2.36. The Bertz CT molecular complexity index is 849. The molecule has 1 amide bonds. The zero-order valence-corrected chi connectivity index (χ0v) is 15.2. The lowest BCUT2D eigenvalue weighted by Gasteiger charge is -2.30. The second-order valence-corrected chi connectivity index (χ2v) is 7.11. The largest absolute Gasteiger partial charge is 0.480 e. The summed E-state index contributed by atoms with van der Waals surface area (Å²) in [6, 6.07) is -1.52. The number of carbonyl (C=O) groups is 3. The van der Waals surface area contributed by atoms with E-state index in [1.165, 1.54) is 11.5 Å². The maximum absolute atomic E-state index is 12.4. The van der Waals surface area contributed by atoms with Crippen LogP contribution in [0.4, 0.5) is 5.13 Å². The second kappa shape index (κ2) is 8.55. The quantitative estimate of drug-likeness (QED) is 0.196. The van der Waals surface area contributed by atoms with E-state index in [2.05, 4.69) is 27.4 Å². The zero-order valence-electron chi connectivity index (χ0n) is 13.6. The fourth-order valence-corrected chi connectivity index (χ4v) is 3.90. The van der Waals surface area contributed by atoms with E-state index in [1.54, 1.807) is 0 Å². The van der Waals surface area contributed by atoms with Crippen LogP contribution in [-0.2, 0) is 14.4 Å². The summed E-state index contributed by atoms with van der Waals surface area (Å²) in [5.41, 5.74) is 5.13. The first-order valence-corrected chi connectivity index (χ1v) is 9.15. The van der Waals surface area contributed by atoms with Gasteiger partial charge in [-0.3, -0.25) is 4.79 Å². The van der Waals surface area contributed by atoms with E-state index in [9.17, 15) is 24.6 Å². The highest BCUT2D eigenvalue weighted by molar-refractivity contribution is 8.00. The zero-order chi connectivity index (χ0) is 20.1. The molecule has 1 aromatic heterocycles. The van der Waals surface area contributed by atoms with Crippen LogP contribution in [-0.4, -0.2) is 61.1 Å². The molecule has 1 aliphatic heterocycles. The maximum atomic E-state index is 12.4. The molecule has 2 heterocycles. The molecule has 7 N–H and O–H groups in total. The number of thioether (sulfide) groups is 1. The summed E-state index contributed by atoms with van der Waals surface area (Å²) >= 11 is 2.09. The van der Waals surface area contributed by atoms with Crippen molar-refractivity contribution in [3.05, 3.63) is 35.0 Å². The van der Waals surface area contributed by atoms with Crippen molar-refractivity contribution >= 4 is 51.8 Å². The molecular formula is C14H15N5O6S2. The standard InChI is InChI=1S/C14H15N5O6S2/c1-2-5-3-26-11(18-7(5)12(21)22)9(13(23)24)17-10(20)8(19-25)6-4-27-14(15)16-6/h2,4,9,11,18,25H,1,3H2,(H2,15,16)(H,17,20)(H,21,22)(H,23,24)/b19-8-. The van der Waals surface area contributed by atoms with Gasteiger partial charge in [-0.15, -0.1) is 23.1 Å². The monoisotopic (exact) mass is 413 g/mol. The summed E-state index contributed by atoms with van der Waals surface area (Å²) in [4.78, 5) is 39.1. The highest BCUT2D eigenvalue weighted by atomic mass is 32.2. The molecule has 13 heteroatoms. The van der Waals surface area contributed by atoms with Crippen molar-refractivity contribution in [1.29, 1.82) is 0 Å². The summed E-state index contributed by atoms with van der Waals surface area (Å²) in [5, 5.41) is 36.0. The SMILES string of the molecule is C=CC1=C(C(=O)O)NC(C(NC(=O)/C(=N\O)c2csc(N)n2)C(=O)O)SC1. The molecular weight excluding hydrogens is 398 g/mol. The number of nitrogens with one attached hydrogen (secondary N) is 2. The first-order valence-electron chi connectivity index (χ1n) is 7.22. The van der Waals surface area contributed by atoms with Crippen LogP contribution in [0.5, 0.6) is 0 Å². The minimum absolute atomic E-state index is 0.0223. The smallest absolute Gasteiger partial charge is 0.352 e. The molecule has 0 radical (unpaired) electrons. The number of hydrogen-bond acceptors (Lipinski definition) is 10. The van der Waals surface area contributed by atoms with Crippen molar-refractivity contribution in [3.8, 4) is 0 Å². The van der Waals surface area contributed by atoms with Crippen molar-refractivity contribution in [3.63, 3.8) is 0 Å². The Morgan fingerprint density at radius 1 is 1.48 bits per heavy atom. The predicted octanol–water partition coefficient (Wildman–Crippen LogP) is -0.340. The van der Waals surface area contributed by atoms with E-state index in [4.69, 9.17) is 10.9 Å². The normalized spacial score (nSPS) is 18.4. The average Bonchev–Trinajstić information content (AvgIpc) is 3.05. The number of carbonyl (C=O) groups excluding carboxylic acids is 1. The summed E-state index contributed by atoms with van der Waals surface area (Å²) in [6.45, 7) is 3.52. The first kappa shape index (κ1) is 20.3. The van der Waals surface area contributed by atoms with Crippen molar-refractivity contribution in [2.75, 3.05) is 11.5 Å². The summed E-state index contributed by atoms with van der Waals surface area (Å²) in [6.07, 6.45) is 1.36. The first-order chi connectivity index (χ1) is 12.8. The number of carboxylic acids is 2. The lowest BCUT2D eigenvalue weighted by Crippen LogP contribution is -2.55. The molecule has 0 aromatic carbocycles. The number of hydrogen-bond donors (Lipinski definition) is 6. The minimum atomic E-state index is -1.52. The third-order valence-corrected chi connectivity index (χ3v) is 5.32. The van der Waals surface area contributed by atoms with Gasteiger partial charge >= 0.3 is 11.9 Å². The van der Waals surface area contributed by atoms with Crippen LogP contribution in [0.2, 0.25) is 0 Å². The molecule has 27 heavy (non-hydrogen) atoms. The molecule has 0 saturated heterocycles. The van der Waals surface area contributed by atoms with Crippen LogP contribution in [0.1, 0.15) is 5.69 Å². The van der Waals surface area contributed by atoms with Crippen LogP contribution in [0.15, 0.2) is 34.5 Å². The van der Waals surface area contributed by atoms with Gasteiger partial charge < -0.3 is 31.8 Å². The second-order valence-electron chi connectivity index (χ2n) is 5.09. The van der Waals surface area contributed by atoms with Crippen LogP contribution in [0.25, 0.3) is 0 Å². The van der Waals surface area contributed by atoms with Crippen LogP contribution in [0.3, 0.4) is 0 Å².